The van der Waals surface area contributed by atoms with E-state index >= 15 is 0 Å². The smallest absolute Gasteiger partial charge is 1.00 e. The average molecular weight is 85.2 g/mol. The van der Waals surface area contributed by atoms with Gasteiger partial charge in [-0.05, 0) is 13.8 Å². The van der Waals surface area contributed by atoms with E-state index in [1.54, 1.807) is 0 Å². The van der Waals surface area contributed by atoms with Gasteiger partial charge in [0.2, 0.25) is 0 Å². The third kappa shape index (κ3) is 8.92. The third-order valence-electron chi connectivity index (χ3n) is 0.408. The van der Waals surface area contributed by atoms with Gasteiger partial charge in [0.1, 0.15) is 0 Å². The minimum absolute atomic E-state index is 0. The Morgan fingerprint density at radius 3 is 1.67 bits per heavy atom. The van der Waals surface area contributed by atoms with Crippen LogP contribution < -0.4 is 0 Å². The molecule has 0 heterocycles. The van der Waals surface area contributed by atoms with Gasteiger partial charge in [0, 0.05) is 13.2 Å². The van der Waals surface area contributed by atoms with E-state index in [0.29, 0.717) is 0 Å². The molecule has 0 N–H and O–H groups in total. The maximum absolute atomic E-state index is 4.83. The molecule has 2 heteroatoms. The molecule has 0 amide bonds. The van der Waals surface area contributed by atoms with E-state index in [2.05, 4.69) is 0 Å². The molecule has 0 radical (unpaired) electrons. The molecule has 0 saturated heterocycles. The molecule has 1 nitrogen and oxygen atoms in total. The summed E-state index contributed by atoms with van der Waals surface area (Å²) < 4.78 is 4.83. The molecule has 0 aromatic heterocycles. The van der Waals surface area contributed by atoms with Crippen LogP contribution in [-0.2, 0) is 4.74 Å². The van der Waals surface area contributed by atoms with Crippen molar-refractivity contribution in [2.24, 2.45) is 0 Å². The fraction of sp³-hybridized carbons (Fsp3) is 1.00. The summed E-state index contributed by atoms with van der Waals surface area (Å²) in [7, 11) is 0. The second-order valence-electron chi connectivity index (χ2n) is 0.781. The monoisotopic (exact) mass is 85.1 g/mol. The van der Waals surface area contributed by atoms with E-state index < -0.39 is 0 Å². The Bertz CT molecular complexity index is 21.5. The molecule has 0 aromatic rings. The molecular weight excluding hydrogens is 73.1 g/mol. The van der Waals surface area contributed by atoms with Crippen LogP contribution in [0.5, 0.6) is 0 Å². The summed E-state index contributed by atoms with van der Waals surface area (Å²) in [5.41, 5.74) is 0. The van der Waals surface area contributed by atoms with Crippen molar-refractivity contribution in [3.63, 3.8) is 0 Å². The molecule has 0 bridgehead atoms. The molecule has 0 aliphatic carbocycles. The third-order valence-corrected chi connectivity index (χ3v) is 0.408. The zero-order valence-corrected chi connectivity index (χ0v) is 4.53. The van der Waals surface area contributed by atoms with Crippen LogP contribution in [0.1, 0.15) is 16.7 Å². The molecule has 0 spiro atoms. The van der Waals surface area contributed by atoms with E-state index in [1.165, 1.54) is 0 Å². The van der Waals surface area contributed by atoms with Crippen molar-refractivity contribution in [1.29, 1.82) is 0 Å². The molecule has 0 aliphatic heterocycles. The first-order chi connectivity index (χ1) is 2.41. The van der Waals surface area contributed by atoms with Crippen molar-refractivity contribution in [3.05, 3.63) is 0 Å². The molecule has 0 saturated carbocycles. The van der Waals surface area contributed by atoms with Crippen LogP contribution in [0, 0.1) is 0 Å². The second kappa shape index (κ2) is 8.93. The summed E-state index contributed by atoms with van der Waals surface area (Å²) in [6, 6.07) is 0. The minimum atomic E-state index is 0. The zero-order valence-electron chi connectivity index (χ0n) is 6.53. The fourth-order valence-electron chi connectivity index (χ4n) is 0.204. The molecule has 0 aromatic carbocycles. The molecule has 0 fully saturated rings. The summed E-state index contributed by atoms with van der Waals surface area (Å²) in [5, 5.41) is 0. The first kappa shape index (κ1) is 9.46. The van der Waals surface area contributed by atoms with Crippen LogP contribution in [0.3, 0.4) is 0 Å². The number of hydrogen-bond donors (Lipinski definition) is 0. The molecular formula is C4H12BeO. The molecule has 0 aliphatic rings. The van der Waals surface area contributed by atoms with Gasteiger partial charge in [-0.2, -0.15) is 0 Å². The van der Waals surface area contributed by atoms with Crippen LogP contribution in [0.4, 0.5) is 0 Å². The SMILES string of the molecule is CCOCC.[Be+2].[H-].[H-]. The quantitative estimate of drug-likeness (QED) is 0.452. The van der Waals surface area contributed by atoms with Crippen molar-refractivity contribution in [2.45, 2.75) is 13.8 Å². The van der Waals surface area contributed by atoms with E-state index in [1.807, 2.05) is 13.8 Å². The number of hydrogen-bond acceptors (Lipinski definition) is 1. The summed E-state index contributed by atoms with van der Waals surface area (Å²) in [4.78, 5) is 0. The summed E-state index contributed by atoms with van der Waals surface area (Å²) in [5.74, 6) is 0. The first-order valence-corrected chi connectivity index (χ1v) is 1.99. The van der Waals surface area contributed by atoms with Gasteiger partial charge in [-0.3, -0.25) is 0 Å². The van der Waals surface area contributed by atoms with Crippen molar-refractivity contribution in [3.8, 4) is 0 Å². The Morgan fingerprint density at radius 2 is 1.67 bits per heavy atom. The molecule has 0 rings (SSSR count). The Balaban J connectivity index is -0.0000000267. The van der Waals surface area contributed by atoms with Crippen LogP contribution in [0.25, 0.3) is 0 Å². The van der Waals surface area contributed by atoms with Gasteiger partial charge in [-0.1, -0.05) is 0 Å². The van der Waals surface area contributed by atoms with Crippen molar-refractivity contribution in [2.75, 3.05) is 13.2 Å². The van der Waals surface area contributed by atoms with Crippen LogP contribution >= 0.6 is 0 Å². The number of rotatable bonds is 2. The standard InChI is InChI=1S/C4H10O.Be.2H/c1-3-5-4-2;;;/h3-4H2,1-2H3;;;/q;+2;2*-1. The summed E-state index contributed by atoms with van der Waals surface area (Å²) >= 11 is 0. The maximum Gasteiger partial charge on any atom is 2.00 e. The van der Waals surface area contributed by atoms with E-state index in [9.17, 15) is 0 Å². The average Bonchev–Trinajstić information content (AvgIpc) is 1.41. The van der Waals surface area contributed by atoms with Gasteiger partial charge in [-0.15, -0.1) is 0 Å². The minimum Gasteiger partial charge on any atom is -1.00 e. The Morgan fingerprint density at radius 1 is 1.33 bits per heavy atom. The Hall–Kier alpha value is 0.129. The molecule has 36 valence electrons. The summed E-state index contributed by atoms with van der Waals surface area (Å²) in [6.45, 7) is 5.67. The van der Waals surface area contributed by atoms with E-state index in [4.69, 9.17) is 4.74 Å². The Kier molecular flexibility index (Phi) is 14.1. The normalized spacial score (nSPS) is 7.00. The molecule has 6 heavy (non-hydrogen) atoms. The predicted molar refractivity (Wildman–Crippen MR) is 30.1 cm³/mol. The largest absolute Gasteiger partial charge is 2.00 e. The topological polar surface area (TPSA) is 9.23 Å². The van der Waals surface area contributed by atoms with Crippen LogP contribution in [0.15, 0.2) is 0 Å². The predicted octanol–water partition coefficient (Wildman–Crippen LogP) is 0.887. The van der Waals surface area contributed by atoms with Crippen molar-refractivity contribution in [1.82, 2.24) is 0 Å². The van der Waals surface area contributed by atoms with Gasteiger partial charge in [0.25, 0.3) is 0 Å². The first-order valence-electron chi connectivity index (χ1n) is 1.99. The van der Waals surface area contributed by atoms with E-state index in [0.717, 1.165) is 13.2 Å². The van der Waals surface area contributed by atoms with Gasteiger partial charge in [0.05, 0.1) is 0 Å². The molecule has 0 unspecified atom stereocenters. The maximum atomic E-state index is 4.83. The number of ether oxygens (including phenoxy) is 1. The van der Waals surface area contributed by atoms with Gasteiger partial charge in [0.15, 0.2) is 0 Å². The Labute approximate surface area is 45.9 Å². The van der Waals surface area contributed by atoms with Gasteiger partial charge < -0.3 is 7.59 Å². The second-order valence-corrected chi connectivity index (χ2v) is 0.781. The van der Waals surface area contributed by atoms with Crippen molar-refractivity contribution >= 4 is 10.1 Å². The van der Waals surface area contributed by atoms with Crippen molar-refractivity contribution < 1.29 is 7.59 Å². The summed E-state index contributed by atoms with van der Waals surface area (Å²) in [6.07, 6.45) is 0. The van der Waals surface area contributed by atoms with Crippen LogP contribution in [0.2, 0.25) is 0 Å². The zero-order chi connectivity index (χ0) is 4.12. The van der Waals surface area contributed by atoms with Crippen LogP contribution in [-0.4, -0.2) is 23.3 Å². The fourth-order valence-corrected chi connectivity index (χ4v) is 0.204. The van der Waals surface area contributed by atoms with Gasteiger partial charge >= 0.3 is 10.1 Å². The molecule has 0 atom stereocenters. The van der Waals surface area contributed by atoms with Gasteiger partial charge in [-0.25, -0.2) is 0 Å². The van der Waals surface area contributed by atoms with E-state index in [-0.39, 0.29) is 13.0 Å².